The molecular weight excluding hydrogens is 554 g/mol. The van der Waals surface area contributed by atoms with Crippen LogP contribution in [0.2, 0.25) is 0 Å². The summed E-state index contributed by atoms with van der Waals surface area (Å²) in [6.07, 6.45) is 1.73. The van der Waals surface area contributed by atoms with Crippen LogP contribution in [0.3, 0.4) is 0 Å². The lowest BCUT2D eigenvalue weighted by molar-refractivity contribution is -0.139. The second kappa shape index (κ2) is 15.3. The third-order valence-electron chi connectivity index (χ3n) is 6.83. The van der Waals surface area contributed by atoms with E-state index in [0.29, 0.717) is 30.3 Å². The normalized spacial score (nSPS) is 11.8. The highest BCUT2D eigenvalue weighted by atomic mass is 32.2. The van der Waals surface area contributed by atoms with E-state index in [1.807, 2.05) is 32.9 Å². The van der Waals surface area contributed by atoms with Gasteiger partial charge in [-0.2, -0.15) is 0 Å². The smallest absolute Gasteiger partial charge is 0.264 e. The Hall–Kier alpha value is -4.05. The molecule has 3 aromatic rings. The second-order valence-corrected chi connectivity index (χ2v) is 11.8. The Morgan fingerprint density at radius 2 is 1.52 bits per heavy atom. The summed E-state index contributed by atoms with van der Waals surface area (Å²) < 4.78 is 39.8. The minimum atomic E-state index is -4.16. The Morgan fingerprint density at radius 3 is 2.10 bits per heavy atom. The number of nitrogens with zero attached hydrogens (tertiary/aromatic N) is 2. The van der Waals surface area contributed by atoms with E-state index < -0.39 is 28.5 Å². The summed E-state index contributed by atoms with van der Waals surface area (Å²) in [5.41, 5.74) is 2.06. The van der Waals surface area contributed by atoms with E-state index in [0.717, 1.165) is 28.3 Å². The monoisotopic (exact) mass is 595 g/mol. The third-order valence-corrected chi connectivity index (χ3v) is 8.62. The summed E-state index contributed by atoms with van der Waals surface area (Å²) in [7, 11) is -2.59. The van der Waals surface area contributed by atoms with Crippen molar-refractivity contribution in [3.05, 3.63) is 83.9 Å². The number of unbranched alkanes of at least 4 members (excludes halogenated alkanes) is 1. The lowest BCUT2D eigenvalue weighted by atomic mass is 10.1. The number of amides is 2. The van der Waals surface area contributed by atoms with Crippen LogP contribution in [0.4, 0.5) is 5.69 Å². The van der Waals surface area contributed by atoms with E-state index in [9.17, 15) is 18.0 Å². The molecule has 2 amide bonds. The molecule has 0 aliphatic rings. The number of carbonyl (C=O) groups is 2. The molecule has 0 aliphatic heterocycles. The molecule has 226 valence electrons. The number of nitrogens with one attached hydrogen (secondary N) is 1. The van der Waals surface area contributed by atoms with Crippen LogP contribution in [-0.4, -0.2) is 58.0 Å². The molecule has 0 aliphatic carbocycles. The van der Waals surface area contributed by atoms with Crippen molar-refractivity contribution in [1.82, 2.24) is 10.2 Å². The fourth-order valence-corrected chi connectivity index (χ4v) is 5.70. The number of benzene rings is 3. The average molecular weight is 596 g/mol. The number of hydrogen-bond acceptors (Lipinski definition) is 6. The first-order valence-electron chi connectivity index (χ1n) is 14.1. The zero-order valence-electron chi connectivity index (χ0n) is 25.0. The Bertz CT molecular complexity index is 1410. The van der Waals surface area contributed by atoms with Gasteiger partial charge in [0.15, 0.2) is 0 Å². The van der Waals surface area contributed by atoms with Gasteiger partial charge in [0, 0.05) is 13.1 Å². The van der Waals surface area contributed by atoms with Crippen molar-refractivity contribution in [2.75, 3.05) is 31.1 Å². The van der Waals surface area contributed by atoms with Crippen molar-refractivity contribution >= 4 is 27.5 Å². The summed E-state index contributed by atoms with van der Waals surface area (Å²) >= 11 is 0. The first-order valence-corrected chi connectivity index (χ1v) is 15.6. The first kappa shape index (κ1) is 32.5. The van der Waals surface area contributed by atoms with Crippen LogP contribution in [-0.2, 0) is 26.2 Å². The Morgan fingerprint density at radius 1 is 0.905 bits per heavy atom. The molecule has 42 heavy (non-hydrogen) atoms. The maximum Gasteiger partial charge on any atom is 0.264 e. The highest BCUT2D eigenvalue weighted by Crippen LogP contribution is 2.26. The number of aryl methyl sites for hydroxylation is 1. The minimum Gasteiger partial charge on any atom is -0.497 e. The molecule has 10 heteroatoms. The van der Waals surface area contributed by atoms with Crippen LogP contribution >= 0.6 is 0 Å². The van der Waals surface area contributed by atoms with E-state index >= 15 is 0 Å². The van der Waals surface area contributed by atoms with Crippen LogP contribution < -0.4 is 19.1 Å². The molecule has 9 nitrogen and oxygen atoms in total. The van der Waals surface area contributed by atoms with Gasteiger partial charge in [0.05, 0.1) is 24.3 Å². The molecule has 0 aromatic heterocycles. The number of ether oxygens (including phenoxy) is 2. The standard InChI is InChI=1S/C32H41N3O6S/c1-6-8-21-33-32(37)25(4)34(22-26-11-15-28(40-5)16-12-26)31(36)23-35(27-13-9-24(3)10-14-27)42(38,39)30-19-17-29(18-20-30)41-7-2/h9-20,25H,6-8,21-23H2,1-5H3,(H,33,37). The zero-order valence-corrected chi connectivity index (χ0v) is 25.8. The maximum atomic E-state index is 14.0. The third kappa shape index (κ3) is 8.48. The van der Waals surface area contributed by atoms with Crippen LogP contribution in [0.1, 0.15) is 44.7 Å². The number of hydrogen-bond donors (Lipinski definition) is 1. The van der Waals surface area contributed by atoms with E-state index in [1.165, 1.54) is 17.0 Å². The fraction of sp³-hybridized carbons (Fsp3) is 0.375. The van der Waals surface area contributed by atoms with Gasteiger partial charge >= 0.3 is 0 Å². The molecule has 0 spiro atoms. The van der Waals surface area contributed by atoms with Crippen LogP contribution in [0.5, 0.6) is 11.5 Å². The molecule has 0 bridgehead atoms. The Labute approximate surface area is 249 Å². The average Bonchev–Trinajstić information content (AvgIpc) is 2.99. The predicted octanol–water partition coefficient (Wildman–Crippen LogP) is 4.93. The van der Waals surface area contributed by atoms with Gasteiger partial charge in [0.25, 0.3) is 10.0 Å². The van der Waals surface area contributed by atoms with Gasteiger partial charge in [-0.1, -0.05) is 43.2 Å². The lowest BCUT2D eigenvalue weighted by Crippen LogP contribution is -2.51. The molecular formula is C32H41N3O6S. The van der Waals surface area contributed by atoms with Gasteiger partial charge in [0.1, 0.15) is 24.1 Å². The van der Waals surface area contributed by atoms with Crippen molar-refractivity contribution < 1.29 is 27.5 Å². The topological polar surface area (TPSA) is 105 Å². The van der Waals surface area contributed by atoms with Crippen molar-refractivity contribution in [3.63, 3.8) is 0 Å². The van der Waals surface area contributed by atoms with Crippen LogP contribution in [0.15, 0.2) is 77.7 Å². The number of carbonyl (C=O) groups excluding carboxylic acids is 2. The SMILES string of the molecule is CCCCNC(=O)C(C)N(Cc1ccc(OC)cc1)C(=O)CN(c1ccc(C)cc1)S(=O)(=O)c1ccc(OCC)cc1. The van der Waals surface area contributed by atoms with Crippen molar-refractivity contribution in [1.29, 1.82) is 0 Å². The van der Waals surface area contributed by atoms with Crippen LogP contribution in [0, 0.1) is 6.92 Å². The molecule has 0 heterocycles. The van der Waals surface area contributed by atoms with Gasteiger partial charge in [-0.3, -0.25) is 13.9 Å². The highest BCUT2D eigenvalue weighted by molar-refractivity contribution is 7.92. The summed E-state index contributed by atoms with van der Waals surface area (Å²) in [5, 5.41) is 2.89. The van der Waals surface area contributed by atoms with Gasteiger partial charge in [-0.05, 0) is 81.3 Å². The van der Waals surface area contributed by atoms with Crippen LogP contribution in [0.25, 0.3) is 0 Å². The molecule has 0 saturated carbocycles. The molecule has 3 rings (SSSR count). The second-order valence-electron chi connectivity index (χ2n) is 9.94. The Balaban J connectivity index is 1.98. The van der Waals surface area contributed by atoms with E-state index in [4.69, 9.17) is 9.47 Å². The largest absolute Gasteiger partial charge is 0.497 e. The Kier molecular flexibility index (Phi) is 11.8. The van der Waals surface area contributed by atoms with E-state index in [2.05, 4.69) is 5.32 Å². The molecule has 0 radical (unpaired) electrons. The number of rotatable bonds is 15. The predicted molar refractivity (Wildman–Crippen MR) is 164 cm³/mol. The molecule has 1 atom stereocenters. The summed E-state index contributed by atoms with van der Waals surface area (Å²) in [5.74, 6) is 0.387. The minimum absolute atomic E-state index is 0.0198. The van der Waals surface area contributed by atoms with E-state index in [-0.39, 0.29) is 17.3 Å². The lowest BCUT2D eigenvalue weighted by Gasteiger charge is -2.32. The van der Waals surface area contributed by atoms with Gasteiger partial charge in [-0.25, -0.2) is 8.42 Å². The zero-order chi connectivity index (χ0) is 30.7. The molecule has 3 aromatic carbocycles. The highest BCUT2D eigenvalue weighted by Gasteiger charge is 2.32. The molecule has 1 N–H and O–H groups in total. The van der Waals surface area contributed by atoms with Crippen molar-refractivity contribution in [2.24, 2.45) is 0 Å². The first-order chi connectivity index (χ1) is 20.1. The van der Waals surface area contributed by atoms with Gasteiger partial charge in [0.2, 0.25) is 11.8 Å². The fourth-order valence-electron chi connectivity index (χ4n) is 4.29. The van der Waals surface area contributed by atoms with Crippen molar-refractivity contribution in [3.8, 4) is 11.5 Å². The summed E-state index contributed by atoms with van der Waals surface area (Å²) in [4.78, 5) is 28.5. The summed E-state index contributed by atoms with van der Waals surface area (Å²) in [6.45, 7) is 7.97. The van der Waals surface area contributed by atoms with Gasteiger partial charge in [-0.15, -0.1) is 0 Å². The van der Waals surface area contributed by atoms with Gasteiger partial charge < -0.3 is 19.7 Å². The molecule has 1 unspecified atom stereocenters. The number of sulfonamides is 1. The summed E-state index contributed by atoms with van der Waals surface area (Å²) in [6, 6.07) is 19.4. The quantitative estimate of drug-likeness (QED) is 0.250. The molecule has 0 saturated heterocycles. The number of anilines is 1. The van der Waals surface area contributed by atoms with E-state index in [1.54, 1.807) is 62.6 Å². The van der Waals surface area contributed by atoms with Crippen molar-refractivity contribution in [2.45, 2.75) is 58.0 Å². The maximum absolute atomic E-state index is 14.0. The molecule has 0 fully saturated rings. The number of methoxy groups -OCH3 is 1.